The van der Waals surface area contributed by atoms with Crippen molar-refractivity contribution in [3.63, 3.8) is 0 Å². The molecule has 0 aromatic heterocycles. The minimum Gasteiger partial charge on any atom is -0.314 e. The minimum atomic E-state index is 0.498. The summed E-state index contributed by atoms with van der Waals surface area (Å²) in [4.78, 5) is 2.51. The van der Waals surface area contributed by atoms with Crippen molar-refractivity contribution >= 4 is 0 Å². The Bertz CT molecular complexity index is 238. The van der Waals surface area contributed by atoms with Crippen LogP contribution in [0.15, 0.2) is 0 Å². The van der Waals surface area contributed by atoms with Crippen LogP contribution in [0.5, 0.6) is 0 Å². The zero-order chi connectivity index (χ0) is 14.5. The Morgan fingerprint density at radius 2 is 1.53 bits per heavy atom. The average Bonchev–Trinajstić information content (AvgIpc) is 2.25. The highest BCUT2D eigenvalue weighted by molar-refractivity contribution is 4.92. The second kappa shape index (κ2) is 7.08. The summed E-state index contributed by atoms with van der Waals surface area (Å²) in [5.74, 6) is 0. The highest BCUT2D eigenvalue weighted by Gasteiger charge is 2.37. The summed E-state index contributed by atoms with van der Waals surface area (Å²) in [7, 11) is 0. The molecule has 1 fully saturated rings. The summed E-state index contributed by atoms with van der Waals surface area (Å²) < 4.78 is 0. The van der Waals surface area contributed by atoms with E-state index in [1.165, 1.54) is 51.9 Å². The van der Waals surface area contributed by atoms with Crippen LogP contribution in [0, 0.1) is 10.8 Å². The van der Waals surface area contributed by atoms with Crippen molar-refractivity contribution in [1.82, 2.24) is 10.2 Å². The Labute approximate surface area is 121 Å². The van der Waals surface area contributed by atoms with E-state index in [2.05, 4.69) is 51.8 Å². The van der Waals surface area contributed by atoms with Gasteiger partial charge in [0.1, 0.15) is 0 Å². The Morgan fingerprint density at radius 3 is 2.00 bits per heavy atom. The van der Waals surface area contributed by atoms with Crippen LogP contribution in [0.2, 0.25) is 0 Å². The van der Waals surface area contributed by atoms with E-state index in [1.807, 2.05) is 0 Å². The molecule has 0 amide bonds. The average molecular weight is 268 g/mol. The lowest BCUT2D eigenvalue weighted by Gasteiger charge is -2.45. The number of hydrogen-bond donors (Lipinski definition) is 1. The standard InChI is InChI=1S/C17H36N2/c1-7-19(8-2)11-9-10-18-15-12-16(3,4)14-17(5,6)13-15/h15,18H,7-14H2,1-6H3. The molecule has 2 nitrogen and oxygen atoms in total. The number of rotatable bonds is 7. The molecule has 0 aromatic rings. The second-order valence-corrected chi connectivity index (χ2v) is 7.94. The van der Waals surface area contributed by atoms with E-state index in [9.17, 15) is 0 Å². The maximum atomic E-state index is 3.81. The van der Waals surface area contributed by atoms with Crippen LogP contribution in [-0.4, -0.2) is 37.1 Å². The predicted octanol–water partition coefficient (Wildman–Crippen LogP) is 3.91. The molecule has 0 aromatic carbocycles. The summed E-state index contributed by atoms with van der Waals surface area (Å²) in [6.45, 7) is 19.0. The third-order valence-corrected chi connectivity index (χ3v) is 4.53. The van der Waals surface area contributed by atoms with Crippen molar-refractivity contribution in [2.24, 2.45) is 10.8 Å². The van der Waals surface area contributed by atoms with Crippen LogP contribution >= 0.6 is 0 Å². The van der Waals surface area contributed by atoms with Gasteiger partial charge in [-0.1, -0.05) is 41.5 Å². The molecule has 1 rings (SSSR count). The molecule has 0 heterocycles. The van der Waals surface area contributed by atoms with E-state index in [0.717, 1.165) is 6.04 Å². The molecule has 0 unspecified atom stereocenters. The smallest absolute Gasteiger partial charge is 0.00772 e. The van der Waals surface area contributed by atoms with E-state index in [1.54, 1.807) is 0 Å². The van der Waals surface area contributed by atoms with Crippen LogP contribution in [0.3, 0.4) is 0 Å². The first kappa shape index (κ1) is 17.0. The van der Waals surface area contributed by atoms with Crippen LogP contribution in [0.4, 0.5) is 0 Å². The van der Waals surface area contributed by atoms with Gasteiger partial charge in [-0.2, -0.15) is 0 Å². The van der Waals surface area contributed by atoms with Crippen LogP contribution in [-0.2, 0) is 0 Å². The molecular weight excluding hydrogens is 232 g/mol. The molecule has 1 saturated carbocycles. The highest BCUT2D eigenvalue weighted by atomic mass is 15.1. The minimum absolute atomic E-state index is 0.498. The van der Waals surface area contributed by atoms with Gasteiger partial charge in [0.2, 0.25) is 0 Å². The van der Waals surface area contributed by atoms with Gasteiger partial charge in [0, 0.05) is 6.04 Å². The van der Waals surface area contributed by atoms with Gasteiger partial charge in [-0.15, -0.1) is 0 Å². The van der Waals surface area contributed by atoms with Crippen molar-refractivity contribution in [2.45, 2.75) is 73.3 Å². The molecule has 19 heavy (non-hydrogen) atoms. The second-order valence-electron chi connectivity index (χ2n) is 7.94. The van der Waals surface area contributed by atoms with E-state index < -0.39 is 0 Å². The summed E-state index contributed by atoms with van der Waals surface area (Å²) in [6, 6.07) is 0.718. The molecule has 0 aliphatic heterocycles. The Kier molecular flexibility index (Phi) is 6.32. The van der Waals surface area contributed by atoms with E-state index in [-0.39, 0.29) is 0 Å². The van der Waals surface area contributed by atoms with Gasteiger partial charge in [0.05, 0.1) is 0 Å². The summed E-state index contributed by atoms with van der Waals surface area (Å²) in [5.41, 5.74) is 0.997. The van der Waals surface area contributed by atoms with Crippen LogP contribution < -0.4 is 5.32 Å². The SMILES string of the molecule is CCN(CC)CCCNC1CC(C)(C)CC(C)(C)C1. The van der Waals surface area contributed by atoms with E-state index in [4.69, 9.17) is 0 Å². The number of nitrogens with one attached hydrogen (secondary N) is 1. The fourth-order valence-electron chi connectivity index (χ4n) is 4.14. The molecule has 2 heteroatoms. The van der Waals surface area contributed by atoms with E-state index >= 15 is 0 Å². The summed E-state index contributed by atoms with van der Waals surface area (Å²) in [5, 5.41) is 3.81. The first-order valence-corrected chi connectivity index (χ1v) is 8.24. The Hall–Kier alpha value is -0.0800. The topological polar surface area (TPSA) is 15.3 Å². The van der Waals surface area contributed by atoms with E-state index in [0.29, 0.717) is 10.8 Å². The third kappa shape index (κ3) is 6.27. The van der Waals surface area contributed by atoms with Crippen molar-refractivity contribution in [3.05, 3.63) is 0 Å². The zero-order valence-corrected chi connectivity index (χ0v) is 14.2. The monoisotopic (exact) mass is 268 g/mol. The Morgan fingerprint density at radius 1 is 1.00 bits per heavy atom. The largest absolute Gasteiger partial charge is 0.314 e. The first-order valence-electron chi connectivity index (χ1n) is 8.24. The van der Waals surface area contributed by atoms with Crippen LogP contribution in [0.1, 0.15) is 67.2 Å². The number of hydrogen-bond acceptors (Lipinski definition) is 2. The normalized spacial score (nSPS) is 22.9. The molecule has 1 N–H and O–H groups in total. The van der Waals surface area contributed by atoms with Gasteiger partial charge in [-0.25, -0.2) is 0 Å². The van der Waals surface area contributed by atoms with Gasteiger partial charge in [0.15, 0.2) is 0 Å². The lowest BCUT2D eigenvalue weighted by atomic mass is 9.63. The molecular formula is C17H36N2. The Balaban J connectivity index is 2.29. The quantitative estimate of drug-likeness (QED) is 0.704. The maximum absolute atomic E-state index is 3.81. The molecule has 0 radical (unpaired) electrons. The molecule has 0 saturated heterocycles. The lowest BCUT2D eigenvalue weighted by molar-refractivity contribution is 0.0848. The highest BCUT2D eigenvalue weighted by Crippen LogP contribution is 2.45. The molecule has 0 atom stereocenters. The van der Waals surface area contributed by atoms with Gasteiger partial charge < -0.3 is 10.2 Å². The molecule has 0 bridgehead atoms. The zero-order valence-electron chi connectivity index (χ0n) is 14.2. The maximum Gasteiger partial charge on any atom is 0.00772 e. The summed E-state index contributed by atoms with van der Waals surface area (Å²) >= 11 is 0. The third-order valence-electron chi connectivity index (χ3n) is 4.53. The van der Waals surface area contributed by atoms with Gasteiger partial charge >= 0.3 is 0 Å². The first-order chi connectivity index (χ1) is 8.78. The van der Waals surface area contributed by atoms with Gasteiger partial charge in [-0.05, 0) is 62.7 Å². The lowest BCUT2D eigenvalue weighted by Crippen LogP contribution is -2.44. The molecule has 1 aliphatic carbocycles. The van der Waals surface area contributed by atoms with Crippen molar-refractivity contribution in [2.75, 3.05) is 26.2 Å². The van der Waals surface area contributed by atoms with Crippen LogP contribution in [0.25, 0.3) is 0 Å². The fraction of sp³-hybridized carbons (Fsp3) is 1.00. The number of nitrogens with zero attached hydrogens (tertiary/aromatic N) is 1. The van der Waals surface area contributed by atoms with Gasteiger partial charge in [0.25, 0.3) is 0 Å². The van der Waals surface area contributed by atoms with Gasteiger partial charge in [-0.3, -0.25) is 0 Å². The fourth-order valence-corrected chi connectivity index (χ4v) is 4.14. The molecule has 1 aliphatic rings. The van der Waals surface area contributed by atoms with Crippen molar-refractivity contribution < 1.29 is 0 Å². The molecule has 0 spiro atoms. The predicted molar refractivity (Wildman–Crippen MR) is 85.6 cm³/mol. The van der Waals surface area contributed by atoms with Crippen molar-refractivity contribution in [1.29, 1.82) is 0 Å². The molecule has 114 valence electrons. The van der Waals surface area contributed by atoms with Crippen molar-refractivity contribution in [3.8, 4) is 0 Å². The summed E-state index contributed by atoms with van der Waals surface area (Å²) in [6.07, 6.45) is 5.31.